The molecule has 25 heavy (non-hydrogen) atoms. The fraction of sp³-hybridized carbons (Fsp3) is 0.111. The summed E-state index contributed by atoms with van der Waals surface area (Å²) in [5, 5.41) is 11.6. The average molecular weight is 351 g/mol. The number of ether oxygens (including phenoxy) is 1. The number of H-pyrrole nitrogens is 1. The van der Waals surface area contributed by atoms with Crippen LogP contribution in [0.3, 0.4) is 0 Å². The van der Waals surface area contributed by atoms with Gasteiger partial charge in [0.15, 0.2) is 0 Å². The number of thiazole rings is 1. The first-order chi connectivity index (χ1) is 12.0. The van der Waals surface area contributed by atoms with Crippen LogP contribution in [0.4, 0.5) is 0 Å². The van der Waals surface area contributed by atoms with E-state index in [1.165, 1.54) is 24.5 Å². The number of aryl methyl sites for hydroxylation is 1. The van der Waals surface area contributed by atoms with Crippen LogP contribution in [0.1, 0.15) is 21.6 Å². The predicted molar refractivity (Wildman–Crippen MR) is 94.4 cm³/mol. The van der Waals surface area contributed by atoms with Crippen molar-refractivity contribution in [2.24, 2.45) is 0 Å². The topological polar surface area (TPSA) is 95.8 Å². The van der Waals surface area contributed by atoms with Crippen LogP contribution in [0.15, 0.2) is 40.5 Å². The van der Waals surface area contributed by atoms with Crippen molar-refractivity contribution in [1.82, 2.24) is 9.97 Å². The van der Waals surface area contributed by atoms with Gasteiger partial charge in [-0.3, -0.25) is 4.79 Å². The molecule has 2 aromatic heterocycles. The molecular formula is C18H13N3O3S. The van der Waals surface area contributed by atoms with Gasteiger partial charge in [-0.25, -0.2) is 9.78 Å². The Balaban J connectivity index is 2.03. The Bertz CT molecular complexity index is 1060. The molecule has 0 aliphatic rings. The lowest BCUT2D eigenvalue weighted by molar-refractivity contribution is 0.0601. The maximum absolute atomic E-state index is 11.7. The van der Waals surface area contributed by atoms with Crippen molar-refractivity contribution in [3.05, 3.63) is 62.9 Å². The molecule has 2 heterocycles. The SMILES string of the molecule is COC(=O)c1cccc(-c2nc(-c3cc(C#N)c(=O)[nH]c3C)cs2)c1. The number of aromatic nitrogens is 2. The lowest BCUT2D eigenvalue weighted by atomic mass is 10.1. The standard InChI is InChI=1S/C18H13N3O3S/c1-10-14(7-13(8-19)16(22)20-10)15-9-25-17(21-15)11-4-3-5-12(6-11)18(23)24-2/h3-7,9H,1-2H3,(H,20,22). The first-order valence-corrected chi connectivity index (χ1v) is 8.20. The fourth-order valence-electron chi connectivity index (χ4n) is 2.40. The Morgan fingerprint density at radius 1 is 1.36 bits per heavy atom. The largest absolute Gasteiger partial charge is 0.465 e. The molecule has 0 radical (unpaired) electrons. The summed E-state index contributed by atoms with van der Waals surface area (Å²) < 4.78 is 4.73. The maximum atomic E-state index is 11.7. The van der Waals surface area contributed by atoms with Gasteiger partial charge in [0.1, 0.15) is 16.6 Å². The molecule has 0 amide bonds. The number of nitriles is 1. The minimum Gasteiger partial charge on any atom is -0.465 e. The third-order valence-electron chi connectivity index (χ3n) is 3.67. The first kappa shape index (κ1) is 16.6. The summed E-state index contributed by atoms with van der Waals surface area (Å²) in [6.07, 6.45) is 0. The number of carbonyl (C=O) groups is 1. The van der Waals surface area contributed by atoms with Gasteiger partial charge in [-0.1, -0.05) is 12.1 Å². The zero-order valence-corrected chi connectivity index (χ0v) is 14.3. The van der Waals surface area contributed by atoms with E-state index >= 15 is 0 Å². The molecule has 1 N–H and O–H groups in total. The monoisotopic (exact) mass is 351 g/mol. The zero-order chi connectivity index (χ0) is 18.0. The number of nitrogens with one attached hydrogen (secondary N) is 1. The number of esters is 1. The van der Waals surface area contributed by atoms with Crippen molar-refractivity contribution >= 4 is 17.3 Å². The molecule has 0 saturated carbocycles. The molecular weight excluding hydrogens is 338 g/mol. The Morgan fingerprint density at radius 3 is 2.88 bits per heavy atom. The number of carbonyl (C=O) groups excluding carboxylic acids is 1. The second-order valence-electron chi connectivity index (χ2n) is 5.27. The summed E-state index contributed by atoms with van der Waals surface area (Å²) in [4.78, 5) is 30.6. The molecule has 0 unspecified atom stereocenters. The highest BCUT2D eigenvalue weighted by Crippen LogP contribution is 2.30. The Labute approximate surface area is 147 Å². The summed E-state index contributed by atoms with van der Waals surface area (Å²) in [7, 11) is 1.34. The molecule has 3 rings (SSSR count). The Hall–Kier alpha value is -3.24. The molecule has 7 heteroatoms. The van der Waals surface area contributed by atoms with Gasteiger partial charge in [-0.15, -0.1) is 11.3 Å². The molecule has 0 atom stereocenters. The normalized spacial score (nSPS) is 10.3. The summed E-state index contributed by atoms with van der Waals surface area (Å²) in [6, 6.07) is 10.4. The second kappa shape index (κ2) is 6.71. The van der Waals surface area contributed by atoms with Crippen LogP contribution in [0, 0.1) is 18.3 Å². The van der Waals surface area contributed by atoms with E-state index in [2.05, 4.69) is 9.97 Å². The molecule has 0 aliphatic heterocycles. The third kappa shape index (κ3) is 3.20. The van der Waals surface area contributed by atoms with Gasteiger partial charge < -0.3 is 9.72 Å². The van der Waals surface area contributed by atoms with E-state index in [4.69, 9.17) is 10.00 Å². The highest BCUT2D eigenvalue weighted by atomic mass is 32.1. The van der Waals surface area contributed by atoms with E-state index in [-0.39, 0.29) is 5.56 Å². The number of pyridine rings is 1. The lowest BCUT2D eigenvalue weighted by Crippen LogP contribution is -2.11. The molecule has 6 nitrogen and oxygen atoms in total. The minimum atomic E-state index is -0.412. The van der Waals surface area contributed by atoms with E-state index in [0.717, 1.165) is 10.6 Å². The Morgan fingerprint density at radius 2 is 2.16 bits per heavy atom. The number of methoxy groups -OCH3 is 1. The number of aromatic amines is 1. The summed E-state index contributed by atoms with van der Waals surface area (Å²) >= 11 is 1.41. The quantitative estimate of drug-likeness (QED) is 0.731. The van der Waals surface area contributed by atoms with Gasteiger partial charge in [-0.2, -0.15) is 5.26 Å². The van der Waals surface area contributed by atoms with Gasteiger partial charge in [0, 0.05) is 22.2 Å². The van der Waals surface area contributed by atoms with Gasteiger partial charge in [0.25, 0.3) is 5.56 Å². The third-order valence-corrected chi connectivity index (χ3v) is 4.56. The van der Waals surface area contributed by atoms with Crippen molar-refractivity contribution in [2.45, 2.75) is 6.92 Å². The molecule has 3 aromatic rings. The molecule has 0 spiro atoms. The highest BCUT2D eigenvalue weighted by molar-refractivity contribution is 7.13. The van der Waals surface area contributed by atoms with E-state index in [1.807, 2.05) is 17.5 Å². The highest BCUT2D eigenvalue weighted by Gasteiger charge is 2.13. The molecule has 0 bridgehead atoms. The van der Waals surface area contributed by atoms with Gasteiger partial charge in [-0.05, 0) is 25.1 Å². The van der Waals surface area contributed by atoms with Crippen LogP contribution < -0.4 is 5.56 Å². The van der Waals surface area contributed by atoms with E-state index in [9.17, 15) is 9.59 Å². The van der Waals surface area contributed by atoms with Crippen molar-refractivity contribution in [1.29, 1.82) is 5.26 Å². The van der Waals surface area contributed by atoms with Crippen LogP contribution >= 0.6 is 11.3 Å². The average Bonchev–Trinajstić information content (AvgIpc) is 3.11. The van der Waals surface area contributed by atoms with Crippen LogP contribution in [0.2, 0.25) is 0 Å². The molecule has 0 fully saturated rings. The number of rotatable bonds is 3. The van der Waals surface area contributed by atoms with Crippen molar-refractivity contribution in [2.75, 3.05) is 7.11 Å². The molecule has 0 aliphatic carbocycles. The maximum Gasteiger partial charge on any atom is 0.337 e. The van der Waals surface area contributed by atoms with Crippen LogP contribution in [0.5, 0.6) is 0 Å². The van der Waals surface area contributed by atoms with Crippen molar-refractivity contribution < 1.29 is 9.53 Å². The number of hydrogen-bond donors (Lipinski definition) is 1. The van der Waals surface area contributed by atoms with Crippen molar-refractivity contribution in [3.63, 3.8) is 0 Å². The van der Waals surface area contributed by atoms with Gasteiger partial charge in [0.2, 0.25) is 0 Å². The van der Waals surface area contributed by atoms with Crippen LogP contribution in [-0.2, 0) is 4.74 Å². The van der Waals surface area contributed by atoms with E-state index in [0.29, 0.717) is 22.5 Å². The van der Waals surface area contributed by atoms with E-state index < -0.39 is 11.5 Å². The molecule has 1 aromatic carbocycles. The molecule has 0 saturated heterocycles. The number of hydrogen-bond acceptors (Lipinski definition) is 6. The van der Waals surface area contributed by atoms with Gasteiger partial charge in [0.05, 0.1) is 18.4 Å². The Kier molecular flexibility index (Phi) is 4.46. The smallest absolute Gasteiger partial charge is 0.337 e. The first-order valence-electron chi connectivity index (χ1n) is 7.32. The fourth-order valence-corrected chi connectivity index (χ4v) is 3.22. The number of benzene rings is 1. The summed E-state index contributed by atoms with van der Waals surface area (Å²) in [5.41, 5.74) is 2.87. The van der Waals surface area contributed by atoms with Crippen LogP contribution in [0.25, 0.3) is 21.8 Å². The van der Waals surface area contributed by atoms with Crippen molar-refractivity contribution in [3.8, 4) is 27.9 Å². The van der Waals surface area contributed by atoms with Crippen LogP contribution in [-0.4, -0.2) is 23.0 Å². The molecule has 124 valence electrons. The van der Waals surface area contributed by atoms with Gasteiger partial charge >= 0.3 is 5.97 Å². The lowest BCUT2D eigenvalue weighted by Gasteiger charge is -2.03. The number of nitrogens with zero attached hydrogens (tertiary/aromatic N) is 2. The predicted octanol–water partition coefficient (Wildman–Crippen LogP) is 3.13. The van der Waals surface area contributed by atoms with E-state index in [1.54, 1.807) is 25.1 Å². The summed E-state index contributed by atoms with van der Waals surface area (Å²) in [6.45, 7) is 1.76. The minimum absolute atomic E-state index is 0.0443. The second-order valence-corrected chi connectivity index (χ2v) is 6.13. The summed E-state index contributed by atoms with van der Waals surface area (Å²) in [5.74, 6) is -0.409. The zero-order valence-electron chi connectivity index (χ0n) is 13.5.